The van der Waals surface area contributed by atoms with Gasteiger partial charge in [-0.05, 0) is 18.5 Å². The lowest BCUT2D eigenvalue weighted by Crippen LogP contribution is -2.04. The number of rotatable bonds is 4. The molecule has 0 aliphatic carbocycles. The summed E-state index contributed by atoms with van der Waals surface area (Å²) in [4.78, 5) is 22.7. The number of halogens is 1. The van der Waals surface area contributed by atoms with Crippen molar-refractivity contribution in [3.63, 3.8) is 0 Å². The molecule has 0 aromatic carbocycles. The van der Waals surface area contributed by atoms with Crippen LogP contribution in [0.2, 0.25) is 5.28 Å². The summed E-state index contributed by atoms with van der Waals surface area (Å²) in [5, 5.41) is 14.5. The summed E-state index contributed by atoms with van der Waals surface area (Å²) in [6.07, 6.45) is 2.79. The molecule has 9 heteroatoms. The predicted octanol–water partition coefficient (Wildman–Crippen LogP) is 2.42. The molecule has 0 unspecified atom stereocenters. The van der Waals surface area contributed by atoms with Crippen molar-refractivity contribution in [2.75, 3.05) is 5.32 Å². The second kappa shape index (κ2) is 5.23. The zero-order valence-electron chi connectivity index (χ0n) is 9.25. The predicted molar refractivity (Wildman–Crippen MR) is 67.9 cm³/mol. The average molecular weight is 286 g/mol. The van der Waals surface area contributed by atoms with Crippen LogP contribution in [0.25, 0.3) is 0 Å². The molecule has 0 saturated heterocycles. The van der Waals surface area contributed by atoms with Gasteiger partial charge in [0.15, 0.2) is 0 Å². The van der Waals surface area contributed by atoms with Gasteiger partial charge in [0.1, 0.15) is 6.20 Å². The Morgan fingerprint density at radius 2 is 2.28 bits per heavy atom. The summed E-state index contributed by atoms with van der Waals surface area (Å²) < 4.78 is 0. The van der Waals surface area contributed by atoms with Gasteiger partial charge in [-0.3, -0.25) is 10.1 Å². The van der Waals surface area contributed by atoms with Gasteiger partial charge in [-0.2, -0.15) is 4.98 Å². The van der Waals surface area contributed by atoms with Crippen molar-refractivity contribution in [3.8, 4) is 0 Å². The Balaban J connectivity index is 2.17. The van der Waals surface area contributed by atoms with Crippen LogP contribution in [0, 0.1) is 17.0 Å². The fourth-order valence-electron chi connectivity index (χ4n) is 1.28. The van der Waals surface area contributed by atoms with Gasteiger partial charge in [-0.25, -0.2) is 9.97 Å². The first-order valence-electron chi connectivity index (χ1n) is 4.88. The van der Waals surface area contributed by atoms with E-state index in [9.17, 15) is 10.1 Å². The van der Waals surface area contributed by atoms with Crippen molar-refractivity contribution in [2.24, 2.45) is 0 Å². The first-order valence-corrected chi connectivity index (χ1v) is 6.08. The minimum atomic E-state index is -0.559. The number of nitro groups is 1. The number of nitrogens with zero attached hydrogens (tertiary/aromatic N) is 4. The summed E-state index contributed by atoms with van der Waals surface area (Å²) in [7, 11) is 0. The molecule has 2 aromatic heterocycles. The van der Waals surface area contributed by atoms with Crippen LogP contribution in [-0.2, 0) is 6.54 Å². The highest BCUT2D eigenvalue weighted by Crippen LogP contribution is 2.23. The van der Waals surface area contributed by atoms with Gasteiger partial charge in [0, 0.05) is 11.1 Å². The van der Waals surface area contributed by atoms with Gasteiger partial charge in [0.2, 0.25) is 11.1 Å². The van der Waals surface area contributed by atoms with Crippen molar-refractivity contribution in [2.45, 2.75) is 13.5 Å². The molecule has 0 fully saturated rings. The molecular formula is C9H8ClN5O2S. The van der Waals surface area contributed by atoms with Crippen molar-refractivity contribution >= 4 is 34.4 Å². The molecule has 0 aliphatic heterocycles. The Kier molecular flexibility index (Phi) is 3.68. The van der Waals surface area contributed by atoms with E-state index in [1.807, 2.05) is 6.92 Å². The molecule has 1 N–H and O–H groups in total. The third-order valence-electron chi connectivity index (χ3n) is 2.04. The fourth-order valence-corrected chi connectivity index (χ4v) is 2.14. The molecule has 0 spiro atoms. The van der Waals surface area contributed by atoms with Crippen LogP contribution >= 0.6 is 22.9 Å². The zero-order chi connectivity index (χ0) is 13.1. The maximum absolute atomic E-state index is 10.8. The normalized spacial score (nSPS) is 10.3. The van der Waals surface area contributed by atoms with Crippen molar-refractivity contribution < 1.29 is 4.92 Å². The van der Waals surface area contributed by atoms with Gasteiger partial charge in [-0.1, -0.05) is 0 Å². The van der Waals surface area contributed by atoms with E-state index in [1.165, 1.54) is 11.3 Å². The minimum absolute atomic E-state index is 0.0383. The maximum Gasteiger partial charge on any atom is 0.329 e. The highest BCUT2D eigenvalue weighted by molar-refractivity contribution is 7.11. The van der Waals surface area contributed by atoms with Crippen molar-refractivity contribution in [1.82, 2.24) is 15.0 Å². The number of aryl methyl sites for hydroxylation is 1. The summed E-state index contributed by atoms with van der Waals surface area (Å²) in [6.45, 7) is 2.29. The topological polar surface area (TPSA) is 93.8 Å². The Morgan fingerprint density at radius 1 is 1.50 bits per heavy atom. The highest BCUT2D eigenvalue weighted by atomic mass is 35.5. The third kappa shape index (κ3) is 2.90. The van der Waals surface area contributed by atoms with E-state index in [2.05, 4.69) is 20.3 Å². The van der Waals surface area contributed by atoms with E-state index in [0.29, 0.717) is 6.54 Å². The van der Waals surface area contributed by atoms with E-state index in [0.717, 1.165) is 16.1 Å². The number of anilines is 1. The molecule has 7 nitrogen and oxygen atoms in total. The molecule has 0 saturated carbocycles. The number of hydrogen-bond acceptors (Lipinski definition) is 7. The minimum Gasteiger partial charge on any atom is -0.359 e. The number of hydrogen-bond donors (Lipinski definition) is 1. The van der Waals surface area contributed by atoms with Gasteiger partial charge in [0.25, 0.3) is 0 Å². The monoisotopic (exact) mass is 285 g/mol. The smallest absolute Gasteiger partial charge is 0.329 e. The Hall–Kier alpha value is -1.80. The second-order valence-electron chi connectivity index (χ2n) is 3.33. The molecule has 0 atom stereocenters. The molecule has 2 aromatic rings. The molecule has 0 bridgehead atoms. The summed E-state index contributed by atoms with van der Waals surface area (Å²) in [5.41, 5.74) is -0.208. The van der Waals surface area contributed by atoms with Crippen LogP contribution in [-0.4, -0.2) is 19.9 Å². The van der Waals surface area contributed by atoms with E-state index in [-0.39, 0.29) is 16.8 Å². The number of thiazole rings is 1. The van der Waals surface area contributed by atoms with Crippen LogP contribution in [0.4, 0.5) is 11.5 Å². The lowest BCUT2D eigenvalue weighted by Gasteiger charge is -2.04. The average Bonchev–Trinajstić information content (AvgIpc) is 2.72. The van der Waals surface area contributed by atoms with Gasteiger partial charge < -0.3 is 5.32 Å². The molecule has 18 heavy (non-hydrogen) atoms. The van der Waals surface area contributed by atoms with Crippen LogP contribution in [0.15, 0.2) is 12.4 Å². The van der Waals surface area contributed by atoms with E-state index < -0.39 is 4.92 Å². The van der Waals surface area contributed by atoms with E-state index in [4.69, 9.17) is 11.6 Å². The van der Waals surface area contributed by atoms with Crippen LogP contribution < -0.4 is 5.32 Å². The highest BCUT2D eigenvalue weighted by Gasteiger charge is 2.16. The van der Waals surface area contributed by atoms with Gasteiger partial charge >= 0.3 is 5.69 Å². The van der Waals surface area contributed by atoms with Crippen LogP contribution in [0.3, 0.4) is 0 Å². The fraction of sp³-hybridized carbons (Fsp3) is 0.222. The summed E-state index contributed by atoms with van der Waals surface area (Å²) in [6, 6.07) is 0. The van der Waals surface area contributed by atoms with Crippen molar-refractivity contribution in [3.05, 3.63) is 37.7 Å². The lowest BCUT2D eigenvalue weighted by molar-refractivity contribution is -0.384. The molecule has 0 aliphatic rings. The summed E-state index contributed by atoms with van der Waals surface area (Å²) >= 11 is 7.12. The van der Waals surface area contributed by atoms with E-state index >= 15 is 0 Å². The molecule has 0 radical (unpaired) electrons. The van der Waals surface area contributed by atoms with Gasteiger partial charge in [0.05, 0.1) is 16.5 Å². The first-order chi connectivity index (χ1) is 8.56. The number of aromatic nitrogens is 3. The SMILES string of the molecule is Cc1ncc(CNc2nc(Cl)ncc2[N+](=O)[O-])s1. The first kappa shape index (κ1) is 12.7. The van der Waals surface area contributed by atoms with Crippen LogP contribution in [0.1, 0.15) is 9.88 Å². The largest absolute Gasteiger partial charge is 0.359 e. The van der Waals surface area contributed by atoms with E-state index in [1.54, 1.807) is 6.20 Å². The third-order valence-corrected chi connectivity index (χ3v) is 3.13. The molecule has 2 heterocycles. The maximum atomic E-state index is 10.8. The van der Waals surface area contributed by atoms with Crippen molar-refractivity contribution in [1.29, 1.82) is 0 Å². The number of nitrogens with one attached hydrogen (secondary N) is 1. The molecule has 0 amide bonds. The molecule has 94 valence electrons. The quantitative estimate of drug-likeness (QED) is 0.527. The lowest BCUT2D eigenvalue weighted by atomic mass is 10.4. The molecule has 2 rings (SSSR count). The molecular weight excluding hydrogens is 278 g/mol. The Bertz CT molecular complexity index is 588. The van der Waals surface area contributed by atoms with Gasteiger partial charge in [-0.15, -0.1) is 11.3 Å². The zero-order valence-corrected chi connectivity index (χ0v) is 10.8. The standard InChI is InChI=1S/C9H8ClN5O2S/c1-5-11-2-6(18-5)3-12-8-7(15(16)17)4-13-9(10)14-8/h2,4H,3H2,1H3,(H,12,13,14). The Morgan fingerprint density at radius 3 is 2.89 bits per heavy atom. The van der Waals surface area contributed by atoms with Crippen LogP contribution in [0.5, 0.6) is 0 Å². The summed E-state index contributed by atoms with van der Waals surface area (Å²) in [5.74, 6) is 0.103. The Labute approximate surface area is 111 Å². The second-order valence-corrected chi connectivity index (χ2v) is 4.99.